The fourth-order valence-electron chi connectivity index (χ4n) is 2.45. The third-order valence-corrected chi connectivity index (χ3v) is 3.72. The molecule has 0 N–H and O–H groups in total. The van der Waals surface area contributed by atoms with E-state index in [4.69, 9.17) is 9.47 Å². The fraction of sp³-hybridized carbons (Fsp3) is 0.238. The molecular formula is C21H20O6. The lowest BCUT2D eigenvalue weighted by atomic mass is 10.1. The van der Waals surface area contributed by atoms with E-state index in [1.165, 1.54) is 24.3 Å². The molecule has 6 heteroatoms. The first-order valence-electron chi connectivity index (χ1n) is 8.49. The number of hydrogen-bond donors (Lipinski definition) is 0. The first-order chi connectivity index (χ1) is 12.9. The topological polar surface area (TPSA) is 86.7 Å². The van der Waals surface area contributed by atoms with E-state index in [9.17, 15) is 19.2 Å². The first-order valence-corrected chi connectivity index (χ1v) is 8.49. The van der Waals surface area contributed by atoms with Crippen LogP contribution in [-0.2, 0) is 19.1 Å². The molecule has 6 nitrogen and oxygen atoms in total. The molecule has 0 aliphatic rings. The van der Waals surface area contributed by atoms with Crippen molar-refractivity contribution in [2.75, 3.05) is 0 Å². The second kappa shape index (κ2) is 9.43. The molecule has 140 valence electrons. The van der Waals surface area contributed by atoms with Crippen molar-refractivity contribution in [2.24, 2.45) is 0 Å². The Morgan fingerprint density at radius 3 is 1.33 bits per heavy atom. The number of ether oxygens (including phenoxy) is 2. The quantitative estimate of drug-likeness (QED) is 0.404. The van der Waals surface area contributed by atoms with Crippen molar-refractivity contribution in [3.63, 3.8) is 0 Å². The second-order valence-corrected chi connectivity index (χ2v) is 6.06. The summed E-state index contributed by atoms with van der Waals surface area (Å²) < 4.78 is 10.2. The van der Waals surface area contributed by atoms with Gasteiger partial charge in [-0.1, -0.05) is 60.7 Å². The molecule has 0 aromatic heterocycles. The van der Waals surface area contributed by atoms with E-state index in [1.54, 1.807) is 50.2 Å². The van der Waals surface area contributed by atoms with Gasteiger partial charge in [0.1, 0.15) is 12.2 Å². The highest BCUT2D eigenvalue weighted by atomic mass is 16.6. The largest absolute Gasteiger partial charge is 0.457 e. The molecule has 0 amide bonds. The monoisotopic (exact) mass is 368 g/mol. The summed E-state index contributed by atoms with van der Waals surface area (Å²) in [5, 5.41) is 0. The Balaban J connectivity index is 1.83. The predicted molar refractivity (Wildman–Crippen MR) is 97.3 cm³/mol. The number of rotatable bonds is 8. The van der Waals surface area contributed by atoms with E-state index in [-0.39, 0.29) is 17.5 Å². The zero-order valence-electron chi connectivity index (χ0n) is 15.1. The van der Waals surface area contributed by atoms with Crippen molar-refractivity contribution >= 4 is 23.5 Å². The van der Waals surface area contributed by atoms with E-state index in [0.29, 0.717) is 0 Å². The zero-order chi connectivity index (χ0) is 19.8. The van der Waals surface area contributed by atoms with Crippen LogP contribution in [-0.4, -0.2) is 35.7 Å². The van der Waals surface area contributed by atoms with Gasteiger partial charge in [0, 0.05) is 17.5 Å². The van der Waals surface area contributed by atoms with Crippen molar-refractivity contribution in [3.05, 3.63) is 71.8 Å². The summed E-state index contributed by atoms with van der Waals surface area (Å²) >= 11 is 0. The van der Waals surface area contributed by atoms with Crippen LogP contribution >= 0.6 is 0 Å². The lowest BCUT2D eigenvalue weighted by Crippen LogP contribution is -2.28. The number of carbonyl (C=O) groups is 4. The van der Waals surface area contributed by atoms with Crippen molar-refractivity contribution in [3.8, 4) is 0 Å². The number of carbonyl (C=O) groups excluding carboxylic acids is 4. The predicted octanol–water partition coefficient (Wildman–Crippen LogP) is 3.01. The highest BCUT2D eigenvalue weighted by Gasteiger charge is 2.24. The molecule has 0 bridgehead atoms. The van der Waals surface area contributed by atoms with Gasteiger partial charge in [0.15, 0.2) is 0 Å². The van der Waals surface area contributed by atoms with Gasteiger partial charge in [0.05, 0.1) is 0 Å². The van der Waals surface area contributed by atoms with Crippen molar-refractivity contribution < 1.29 is 28.7 Å². The Bertz CT molecular complexity index is 744. The molecule has 0 saturated heterocycles. The molecule has 27 heavy (non-hydrogen) atoms. The Morgan fingerprint density at radius 2 is 1.00 bits per heavy atom. The Kier molecular flexibility index (Phi) is 7.00. The van der Waals surface area contributed by atoms with Crippen molar-refractivity contribution in [1.29, 1.82) is 0 Å². The molecule has 0 radical (unpaired) electrons. The van der Waals surface area contributed by atoms with Crippen LogP contribution in [0.1, 0.15) is 41.0 Å². The third kappa shape index (κ3) is 5.88. The highest BCUT2D eigenvalue weighted by Crippen LogP contribution is 2.10. The van der Waals surface area contributed by atoms with Gasteiger partial charge in [0.2, 0.25) is 0 Å². The SMILES string of the molecule is CC(CC(C)OC(=O)C(=O)c1ccccc1)OC(=O)C(=O)c1ccccc1. The maximum Gasteiger partial charge on any atom is 0.379 e. The standard InChI is InChI=1S/C21H20O6/c1-14(26-20(24)18(22)16-9-5-3-6-10-16)13-15(2)27-21(25)19(23)17-11-7-4-8-12-17/h3-12,14-15H,13H2,1-2H3. The highest BCUT2D eigenvalue weighted by molar-refractivity contribution is 6.41. The van der Waals surface area contributed by atoms with Crippen LogP contribution in [0, 0.1) is 0 Å². The molecule has 0 saturated carbocycles. The molecule has 2 rings (SSSR count). The minimum absolute atomic E-state index is 0.154. The van der Waals surface area contributed by atoms with E-state index in [0.717, 1.165) is 0 Å². The summed E-state index contributed by atoms with van der Waals surface area (Å²) in [4.78, 5) is 47.8. The summed E-state index contributed by atoms with van der Waals surface area (Å²) in [5.41, 5.74) is 0.477. The maximum atomic E-state index is 12.0. The van der Waals surface area contributed by atoms with Gasteiger partial charge in [-0.05, 0) is 13.8 Å². The molecule has 2 unspecified atom stereocenters. The van der Waals surface area contributed by atoms with Gasteiger partial charge in [-0.15, -0.1) is 0 Å². The van der Waals surface area contributed by atoms with E-state index in [2.05, 4.69) is 0 Å². The van der Waals surface area contributed by atoms with Crippen LogP contribution in [0.2, 0.25) is 0 Å². The van der Waals surface area contributed by atoms with Crippen molar-refractivity contribution in [1.82, 2.24) is 0 Å². The van der Waals surface area contributed by atoms with Crippen LogP contribution in [0.4, 0.5) is 0 Å². The molecule has 0 fully saturated rings. The van der Waals surface area contributed by atoms with Gasteiger partial charge >= 0.3 is 11.9 Å². The van der Waals surface area contributed by atoms with Gasteiger partial charge in [0.25, 0.3) is 11.6 Å². The van der Waals surface area contributed by atoms with Gasteiger partial charge in [-0.3, -0.25) is 9.59 Å². The lowest BCUT2D eigenvalue weighted by Gasteiger charge is -2.18. The number of hydrogen-bond acceptors (Lipinski definition) is 6. The zero-order valence-corrected chi connectivity index (χ0v) is 15.1. The lowest BCUT2D eigenvalue weighted by molar-refractivity contribution is -0.148. The van der Waals surface area contributed by atoms with Gasteiger partial charge < -0.3 is 9.47 Å². The summed E-state index contributed by atoms with van der Waals surface area (Å²) in [6.07, 6.45) is -1.18. The van der Waals surface area contributed by atoms with Crippen LogP contribution in [0.15, 0.2) is 60.7 Å². The first kappa shape index (κ1) is 20.0. The molecule has 2 aromatic rings. The average Bonchev–Trinajstić information content (AvgIpc) is 2.67. The molecular weight excluding hydrogens is 348 g/mol. The summed E-state index contributed by atoms with van der Waals surface area (Å²) in [5.74, 6) is -3.45. The average molecular weight is 368 g/mol. The van der Waals surface area contributed by atoms with E-state index >= 15 is 0 Å². The molecule has 0 spiro atoms. The molecule has 0 heterocycles. The summed E-state index contributed by atoms with van der Waals surface area (Å²) in [6, 6.07) is 16.1. The molecule has 0 aliphatic carbocycles. The number of esters is 2. The molecule has 0 aliphatic heterocycles. The minimum atomic E-state index is -0.979. The number of Topliss-reactive ketones (excluding diaryl/α,β-unsaturated/α-hetero) is 2. The van der Waals surface area contributed by atoms with Crippen LogP contribution in [0.5, 0.6) is 0 Å². The third-order valence-electron chi connectivity index (χ3n) is 3.72. The Labute approximate surface area is 157 Å². The van der Waals surface area contributed by atoms with Gasteiger partial charge in [-0.25, -0.2) is 9.59 Å². The normalized spacial score (nSPS) is 12.5. The number of ketones is 2. The Hall–Kier alpha value is -3.28. The van der Waals surface area contributed by atoms with Gasteiger partial charge in [-0.2, -0.15) is 0 Å². The van der Waals surface area contributed by atoms with Crippen LogP contribution < -0.4 is 0 Å². The summed E-state index contributed by atoms with van der Waals surface area (Å²) in [6.45, 7) is 3.17. The summed E-state index contributed by atoms with van der Waals surface area (Å²) in [7, 11) is 0. The van der Waals surface area contributed by atoms with Crippen LogP contribution in [0.3, 0.4) is 0 Å². The molecule has 2 atom stereocenters. The fourth-order valence-corrected chi connectivity index (χ4v) is 2.45. The second-order valence-electron chi connectivity index (χ2n) is 6.06. The smallest absolute Gasteiger partial charge is 0.379 e. The van der Waals surface area contributed by atoms with E-state index < -0.39 is 35.7 Å². The van der Waals surface area contributed by atoms with Crippen LogP contribution in [0.25, 0.3) is 0 Å². The minimum Gasteiger partial charge on any atom is -0.457 e. The number of benzene rings is 2. The molecule has 2 aromatic carbocycles. The maximum absolute atomic E-state index is 12.0. The Morgan fingerprint density at radius 1 is 0.667 bits per heavy atom. The van der Waals surface area contributed by atoms with E-state index in [1.807, 2.05) is 0 Å². The van der Waals surface area contributed by atoms with Crippen molar-refractivity contribution in [2.45, 2.75) is 32.5 Å².